The van der Waals surface area contributed by atoms with Gasteiger partial charge in [-0.05, 0) is 30.2 Å². The molecule has 1 N–H and O–H groups in total. The van der Waals surface area contributed by atoms with Crippen molar-refractivity contribution in [3.05, 3.63) is 65.2 Å². The van der Waals surface area contributed by atoms with E-state index >= 15 is 0 Å². The summed E-state index contributed by atoms with van der Waals surface area (Å²) >= 11 is 1.75. The lowest BCUT2D eigenvalue weighted by Gasteiger charge is -2.25. The number of halogens is 2. The molecule has 1 aliphatic rings. The van der Waals surface area contributed by atoms with Gasteiger partial charge in [-0.25, -0.2) is 8.78 Å². The van der Waals surface area contributed by atoms with Gasteiger partial charge in [0.1, 0.15) is 11.6 Å². The van der Waals surface area contributed by atoms with Crippen molar-refractivity contribution >= 4 is 17.7 Å². The van der Waals surface area contributed by atoms with Crippen molar-refractivity contribution in [2.24, 2.45) is 0 Å². The normalized spacial score (nSPS) is 17.1. The summed E-state index contributed by atoms with van der Waals surface area (Å²) in [6.07, 6.45) is 0.788. The van der Waals surface area contributed by atoms with Gasteiger partial charge in [-0.2, -0.15) is 0 Å². The van der Waals surface area contributed by atoms with Crippen molar-refractivity contribution in [3.8, 4) is 0 Å². The van der Waals surface area contributed by atoms with Gasteiger partial charge < -0.3 is 5.32 Å². The van der Waals surface area contributed by atoms with Crippen LogP contribution in [0.1, 0.15) is 28.4 Å². The third-order valence-corrected chi connectivity index (χ3v) is 4.56. The highest BCUT2D eigenvalue weighted by Crippen LogP contribution is 2.35. The molecule has 3 rings (SSSR count). The molecule has 0 bridgehead atoms. The van der Waals surface area contributed by atoms with Gasteiger partial charge in [0, 0.05) is 16.7 Å². The molecule has 2 aromatic carbocycles. The fraction of sp³-hybridized carbons (Fsp3) is 0.188. The molecule has 0 saturated carbocycles. The highest BCUT2D eigenvalue weighted by atomic mass is 32.2. The average Bonchev–Trinajstić information content (AvgIpc) is 2.47. The first-order valence-electron chi connectivity index (χ1n) is 6.63. The first-order valence-corrected chi connectivity index (χ1v) is 7.61. The maximum absolute atomic E-state index is 13.6. The summed E-state index contributed by atoms with van der Waals surface area (Å²) in [5.74, 6) is -1.15. The number of hydrogen-bond acceptors (Lipinski definition) is 2. The number of carbonyl (C=O) groups excluding carboxylic acids is 1. The summed E-state index contributed by atoms with van der Waals surface area (Å²) in [4.78, 5) is 13.3. The molecule has 0 fully saturated rings. The van der Waals surface area contributed by atoms with E-state index in [1.807, 2.05) is 24.3 Å². The smallest absolute Gasteiger partial charge is 0.254 e. The third kappa shape index (κ3) is 2.93. The summed E-state index contributed by atoms with van der Waals surface area (Å²) in [7, 11) is 0. The van der Waals surface area contributed by atoms with Gasteiger partial charge in [0.2, 0.25) is 0 Å². The fourth-order valence-corrected chi connectivity index (χ4v) is 3.53. The second kappa shape index (κ2) is 5.85. The summed E-state index contributed by atoms with van der Waals surface area (Å²) in [5.41, 5.74) is 0.914. The van der Waals surface area contributed by atoms with Crippen molar-refractivity contribution in [2.45, 2.75) is 17.4 Å². The van der Waals surface area contributed by atoms with Crippen LogP contribution in [0.2, 0.25) is 0 Å². The summed E-state index contributed by atoms with van der Waals surface area (Å²) in [6, 6.07) is 10.7. The van der Waals surface area contributed by atoms with Crippen LogP contribution in [0.25, 0.3) is 0 Å². The first kappa shape index (κ1) is 14.1. The highest BCUT2D eigenvalue weighted by Gasteiger charge is 2.23. The fourth-order valence-electron chi connectivity index (χ4n) is 2.40. The van der Waals surface area contributed by atoms with Crippen molar-refractivity contribution in [2.75, 3.05) is 5.75 Å². The number of thioether (sulfide) groups is 1. The van der Waals surface area contributed by atoms with Gasteiger partial charge in [0.25, 0.3) is 5.91 Å². The van der Waals surface area contributed by atoms with E-state index in [1.165, 1.54) is 6.07 Å². The van der Waals surface area contributed by atoms with Crippen LogP contribution < -0.4 is 5.32 Å². The molecule has 1 unspecified atom stereocenters. The minimum Gasteiger partial charge on any atom is -0.345 e. The van der Waals surface area contributed by atoms with E-state index in [2.05, 4.69) is 5.32 Å². The number of amides is 1. The molecule has 5 heteroatoms. The zero-order valence-electron chi connectivity index (χ0n) is 11.1. The van der Waals surface area contributed by atoms with E-state index in [1.54, 1.807) is 11.8 Å². The van der Waals surface area contributed by atoms with Crippen LogP contribution in [0, 0.1) is 11.6 Å². The van der Waals surface area contributed by atoms with Gasteiger partial charge in [0.05, 0.1) is 11.6 Å². The lowest BCUT2D eigenvalue weighted by atomic mass is 10.0. The van der Waals surface area contributed by atoms with Gasteiger partial charge in [-0.3, -0.25) is 4.79 Å². The molecule has 0 radical (unpaired) electrons. The largest absolute Gasteiger partial charge is 0.345 e. The number of hydrogen-bond donors (Lipinski definition) is 1. The zero-order chi connectivity index (χ0) is 14.8. The van der Waals surface area contributed by atoms with Crippen LogP contribution in [0.3, 0.4) is 0 Å². The molecule has 1 amide bonds. The van der Waals surface area contributed by atoms with Gasteiger partial charge >= 0.3 is 0 Å². The molecule has 1 heterocycles. The topological polar surface area (TPSA) is 29.1 Å². The van der Waals surface area contributed by atoms with Crippen molar-refractivity contribution in [1.29, 1.82) is 0 Å². The minimum absolute atomic E-state index is 0.132. The molecular weight excluding hydrogens is 292 g/mol. The van der Waals surface area contributed by atoms with E-state index in [0.29, 0.717) is 0 Å². The predicted octanol–water partition coefficient (Wildman–Crippen LogP) is 3.93. The third-order valence-electron chi connectivity index (χ3n) is 3.44. The van der Waals surface area contributed by atoms with Crippen molar-refractivity contribution in [1.82, 2.24) is 5.32 Å². The van der Waals surface area contributed by atoms with Gasteiger partial charge in [0.15, 0.2) is 0 Å². The monoisotopic (exact) mass is 305 g/mol. The Morgan fingerprint density at radius 1 is 1.19 bits per heavy atom. The maximum atomic E-state index is 13.6. The number of carbonyl (C=O) groups is 1. The second-order valence-electron chi connectivity index (χ2n) is 4.83. The number of nitrogens with one attached hydrogen (secondary N) is 1. The van der Waals surface area contributed by atoms with E-state index in [9.17, 15) is 13.6 Å². The predicted molar refractivity (Wildman–Crippen MR) is 78.3 cm³/mol. The second-order valence-corrected chi connectivity index (χ2v) is 5.96. The Morgan fingerprint density at radius 2 is 2.00 bits per heavy atom. The zero-order valence-corrected chi connectivity index (χ0v) is 11.9. The maximum Gasteiger partial charge on any atom is 0.254 e. The van der Waals surface area contributed by atoms with Crippen molar-refractivity contribution in [3.63, 3.8) is 0 Å². The van der Waals surface area contributed by atoms with Gasteiger partial charge in [-0.15, -0.1) is 11.8 Å². The first-order chi connectivity index (χ1) is 10.1. The molecule has 2 aromatic rings. The van der Waals surface area contributed by atoms with Gasteiger partial charge in [-0.1, -0.05) is 18.2 Å². The van der Waals surface area contributed by atoms with E-state index < -0.39 is 17.5 Å². The van der Waals surface area contributed by atoms with E-state index in [4.69, 9.17) is 0 Å². The van der Waals surface area contributed by atoms with Crippen LogP contribution in [0.15, 0.2) is 47.4 Å². The van der Waals surface area contributed by atoms with Crippen LogP contribution in [0.5, 0.6) is 0 Å². The lowest BCUT2D eigenvalue weighted by Crippen LogP contribution is -2.31. The molecule has 1 atom stereocenters. The van der Waals surface area contributed by atoms with Crippen LogP contribution in [0.4, 0.5) is 8.78 Å². The van der Waals surface area contributed by atoms with Crippen LogP contribution >= 0.6 is 11.8 Å². The van der Waals surface area contributed by atoms with Crippen LogP contribution in [-0.2, 0) is 0 Å². The Balaban J connectivity index is 1.83. The van der Waals surface area contributed by atoms with Crippen molar-refractivity contribution < 1.29 is 13.6 Å². The summed E-state index contributed by atoms with van der Waals surface area (Å²) in [5, 5.41) is 2.84. The molecule has 0 aliphatic carbocycles. The number of rotatable bonds is 2. The molecule has 1 aliphatic heterocycles. The number of benzene rings is 2. The molecule has 2 nitrogen and oxygen atoms in total. The summed E-state index contributed by atoms with van der Waals surface area (Å²) < 4.78 is 26.5. The Hall–Kier alpha value is -1.88. The minimum atomic E-state index is -0.842. The van der Waals surface area contributed by atoms with Crippen LogP contribution in [-0.4, -0.2) is 11.7 Å². The molecular formula is C16H13F2NOS. The Kier molecular flexibility index (Phi) is 3.92. The molecule has 0 spiro atoms. The number of fused-ring (bicyclic) bond motifs is 1. The SMILES string of the molecule is O=C(NC1CCSc2ccccc21)c1ccc(F)cc1F. The van der Waals surface area contributed by atoms with E-state index in [0.717, 1.165) is 34.8 Å². The summed E-state index contributed by atoms with van der Waals surface area (Å²) in [6.45, 7) is 0. The van der Waals surface area contributed by atoms with E-state index in [-0.39, 0.29) is 11.6 Å². The molecule has 108 valence electrons. The molecule has 0 aromatic heterocycles. The standard InChI is InChI=1S/C16H13F2NOS/c17-10-5-6-11(13(18)9-10)16(20)19-14-7-8-21-15-4-2-1-3-12(14)15/h1-6,9,14H,7-8H2,(H,19,20). The highest BCUT2D eigenvalue weighted by molar-refractivity contribution is 7.99. The molecule has 21 heavy (non-hydrogen) atoms. The molecule has 0 saturated heterocycles. The lowest BCUT2D eigenvalue weighted by molar-refractivity contribution is 0.0931. The average molecular weight is 305 g/mol. The Bertz CT molecular complexity index is 690. The Labute approximate surface area is 125 Å². The quantitative estimate of drug-likeness (QED) is 0.911. The Morgan fingerprint density at radius 3 is 2.81 bits per heavy atom.